The summed E-state index contributed by atoms with van der Waals surface area (Å²) in [6.45, 7) is 16.3. The van der Waals surface area contributed by atoms with Gasteiger partial charge >= 0.3 is 18.0 Å². The van der Waals surface area contributed by atoms with E-state index in [4.69, 9.17) is 42.7 Å². The van der Waals surface area contributed by atoms with Crippen LogP contribution in [0.5, 0.6) is 17.2 Å². The second-order valence-electron chi connectivity index (χ2n) is 17.9. The molecule has 0 bridgehead atoms. The van der Waals surface area contributed by atoms with Gasteiger partial charge in [-0.05, 0) is 101 Å². The Bertz CT molecular complexity index is 2040. The van der Waals surface area contributed by atoms with Crippen molar-refractivity contribution in [3.8, 4) is 17.2 Å². The van der Waals surface area contributed by atoms with Crippen molar-refractivity contribution in [2.45, 2.75) is 127 Å². The minimum absolute atomic E-state index is 0.00254. The summed E-state index contributed by atoms with van der Waals surface area (Å²) in [6.07, 6.45) is -0.568. The predicted octanol–water partition coefficient (Wildman–Crippen LogP) is 5.19. The van der Waals surface area contributed by atoms with Crippen LogP contribution in [0.1, 0.15) is 80.2 Å². The van der Waals surface area contributed by atoms with Crippen LogP contribution in [-0.4, -0.2) is 130 Å². The Morgan fingerprint density at radius 1 is 1.03 bits per heavy atom. The first-order valence-electron chi connectivity index (χ1n) is 22.3. The summed E-state index contributed by atoms with van der Waals surface area (Å²) in [6, 6.07) is 9.36. The lowest BCUT2D eigenvalue weighted by atomic mass is 10.0. The summed E-state index contributed by atoms with van der Waals surface area (Å²) >= 11 is 1.72. The van der Waals surface area contributed by atoms with E-state index in [2.05, 4.69) is 23.3 Å². The highest BCUT2D eigenvalue weighted by atomic mass is 32.2. The Morgan fingerprint density at radius 3 is 2.25 bits per heavy atom. The largest absolute Gasteiger partial charge is 0.487 e. The third kappa shape index (κ3) is 18.0. The molecule has 0 radical (unpaired) electrons. The van der Waals surface area contributed by atoms with Crippen molar-refractivity contribution < 1.29 is 70.6 Å². The number of thioether (sulfide) groups is 1. The summed E-state index contributed by atoms with van der Waals surface area (Å²) in [5.41, 5.74) is 5.10. The summed E-state index contributed by atoms with van der Waals surface area (Å²) in [5, 5.41) is 18.2. The maximum atomic E-state index is 14.2. The highest BCUT2D eigenvalue weighted by molar-refractivity contribution is 8.02. The molecule has 2 amide bonds. The number of nitrogens with one attached hydrogen (secondary N) is 2. The van der Waals surface area contributed by atoms with Gasteiger partial charge in [0, 0.05) is 29.8 Å². The number of fused-ring (bicyclic) bond motifs is 2. The standard InChI is InChI=1S/C39H55N3O12S2.C6H10O2.CH3NO/c1-24(2)15-34(54-39(6,7)8)37(44)50-21-36(43)53-35(19-42(25(3)4)56(47,48)30-13-14-32-33(17-30)52-23-51-32)31(41-38(45)46)16-27-9-11-29(12-10-27)49-20-28-22-55-26(5)18-40-28;1-3-7-6-5(1)2-4-8-6;2-1-3/h9-14,17,22,24-26,31,34-35,40-41H,15-16,18-21,23H2,1-8H3,(H,45,46);5-6H,1-4H2;1H,(H2,2,3)/t26?,31-,34-,35?;;/m0../s1. The number of ether oxygens (including phenoxy) is 8. The summed E-state index contributed by atoms with van der Waals surface area (Å²) in [7, 11) is -4.28. The molecule has 374 valence electrons. The number of sulfonamides is 1. The number of benzene rings is 2. The van der Waals surface area contributed by atoms with E-state index in [9.17, 15) is 27.9 Å². The molecule has 0 aromatic heterocycles. The highest BCUT2D eigenvalue weighted by Gasteiger charge is 2.37. The lowest BCUT2D eigenvalue weighted by Gasteiger charge is -2.33. The fourth-order valence-electron chi connectivity index (χ4n) is 7.28. The number of carboxylic acid groups (broad SMARTS) is 1. The zero-order chi connectivity index (χ0) is 49.3. The molecule has 2 fully saturated rings. The zero-order valence-corrected chi connectivity index (χ0v) is 41.2. The molecule has 4 atom stereocenters. The van der Waals surface area contributed by atoms with Crippen LogP contribution in [-0.2, 0) is 54.5 Å². The molecular weight excluding hydrogens is 913 g/mol. The molecule has 0 spiro atoms. The number of nitrogens with zero attached hydrogens (tertiary/aromatic N) is 1. The van der Waals surface area contributed by atoms with Gasteiger partial charge in [-0.25, -0.2) is 22.8 Å². The monoisotopic (exact) mass is 980 g/mol. The number of hydrogen-bond donors (Lipinski definition) is 4. The van der Waals surface area contributed by atoms with E-state index in [1.54, 1.807) is 70.6 Å². The molecule has 67 heavy (non-hydrogen) atoms. The van der Waals surface area contributed by atoms with Gasteiger partial charge < -0.3 is 59.4 Å². The van der Waals surface area contributed by atoms with E-state index < -0.39 is 71.1 Å². The van der Waals surface area contributed by atoms with Crippen LogP contribution in [0.4, 0.5) is 4.79 Å². The lowest BCUT2D eigenvalue weighted by molar-refractivity contribution is -0.176. The van der Waals surface area contributed by atoms with Gasteiger partial charge in [-0.3, -0.25) is 4.79 Å². The number of carbonyl (C=O) groups is 4. The molecule has 4 heterocycles. The normalized spacial score (nSPS) is 19.9. The maximum Gasteiger partial charge on any atom is 0.405 e. The number of nitrogens with two attached hydrogens (primary N) is 1. The van der Waals surface area contributed by atoms with E-state index in [0.29, 0.717) is 35.3 Å². The molecule has 2 aromatic carbocycles. The van der Waals surface area contributed by atoms with E-state index in [0.717, 1.165) is 35.7 Å². The quantitative estimate of drug-likeness (QED) is 0.104. The number of rotatable bonds is 19. The van der Waals surface area contributed by atoms with Crippen molar-refractivity contribution in [2.24, 2.45) is 17.6 Å². The summed E-state index contributed by atoms with van der Waals surface area (Å²) < 4.78 is 73.8. The van der Waals surface area contributed by atoms with Crippen molar-refractivity contribution in [1.29, 1.82) is 0 Å². The van der Waals surface area contributed by atoms with Gasteiger partial charge in [-0.1, -0.05) is 32.9 Å². The smallest absolute Gasteiger partial charge is 0.405 e. The fourth-order valence-corrected chi connectivity index (χ4v) is 9.68. The molecule has 2 aromatic rings. The minimum atomic E-state index is -4.28. The fraction of sp³-hybridized carbons (Fsp3) is 0.609. The van der Waals surface area contributed by atoms with Crippen molar-refractivity contribution in [1.82, 2.24) is 14.9 Å². The Kier molecular flexibility index (Phi) is 21.3. The number of esters is 2. The van der Waals surface area contributed by atoms with Crippen molar-refractivity contribution in [3.63, 3.8) is 0 Å². The maximum absolute atomic E-state index is 14.2. The third-order valence-corrected chi connectivity index (χ3v) is 13.6. The summed E-state index contributed by atoms with van der Waals surface area (Å²) in [4.78, 5) is 47.3. The average molecular weight is 981 g/mol. The highest BCUT2D eigenvalue weighted by Crippen LogP contribution is 2.35. The summed E-state index contributed by atoms with van der Waals surface area (Å²) in [5.74, 6) is 0.271. The van der Waals surface area contributed by atoms with Crippen LogP contribution in [0.15, 0.2) is 58.5 Å². The molecule has 4 aliphatic heterocycles. The van der Waals surface area contributed by atoms with Gasteiger partial charge in [-0.15, -0.1) is 11.8 Å². The van der Waals surface area contributed by atoms with E-state index in [-0.39, 0.29) is 42.5 Å². The molecule has 0 aliphatic carbocycles. The van der Waals surface area contributed by atoms with Crippen LogP contribution < -0.4 is 30.6 Å². The molecule has 5 N–H and O–H groups in total. The van der Waals surface area contributed by atoms with Crippen LogP contribution in [0.3, 0.4) is 0 Å². The first kappa shape index (κ1) is 54.8. The van der Waals surface area contributed by atoms with E-state index >= 15 is 0 Å². The first-order chi connectivity index (χ1) is 31.7. The third-order valence-electron chi connectivity index (χ3n) is 10.5. The molecule has 21 heteroatoms. The van der Waals surface area contributed by atoms with E-state index in [1.165, 1.54) is 31.0 Å². The first-order valence-corrected chi connectivity index (χ1v) is 24.7. The van der Waals surface area contributed by atoms with Crippen LogP contribution in [0.2, 0.25) is 0 Å². The Morgan fingerprint density at radius 2 is 1.69 bits per heavy atom. The van der Waals surface area contributed by atoms with Crippen molar-refractivity contribution >= 4 is 46.2 Å². The molecule has 19 nitrogen and oxygen atoms in total. The van der Waals surface area contributed by atoms with Gasteiger partial charge in [0.1, 0.15) is 18.5 Å². The molecule has 2 unspecified atom stereocenters. The molecule has 6 rings (SSSR count). The Hall–Kier alpha value is -4.80. The van der Waals surface area contributed by atoms with Crippen LogP contribution in [0, 0.1) is 11.8 Å². The number of primary amides is 1. The SMILES string of the molecule is C1CC2CCOC2O1.CC(C)C[C@H](OC(C)(C)C)C(=O)OCC(=O)OC(CN(C(C)C)S(=O)(=O)c1ccc2c(c1)OCO2)[C@H](Cc1ccc(OCC2=CSC(C)CN2)cc1)NC(=O)O.NC=O. The number of hydrogen-bond acceptors (Lipinski definition) is 16. The van der Waals surface area contributed by atoms with E-state index in [1.807, 2.05) is 19.3 Å². The lowest BCUT2D eigenvalue weighted by Crippen LogP contribution is -2.53. The number of amides is 2. The second-order valence-corrected chi connectivity index (χ2v) is 21.1. The molecule has 2 saturated heterocycles. The van der Waals surface area contributed by atoms with Gasteiger partial charge in [0.2, 0.25) is 23.2 Å². The van der Waals surface area contributed by atoms with Gasteiger partial charge in [0.05, 0.1) is 42.0 Å². The molecular formula is C46H68N4O15S2. The average Bonchev–Trinajstić information content (AvgIpc) is 4.03. The van der Waals surface area contributed by atoms with Gasteiger partial charge in [-0.2, -0.15) is 4.31 Å². The van der Waals surface area contributed by atoms with Crippen LogP contribution >= 0.6 is 11.8 Å². The van der Waals surface area contributed by atoms with Gasteiger partial charge in [0.15, 0.2) is 30.5 Å². The Labute approximate surface area is 398 Å². The van der Waals surface area contributed by atoms with Crippen molar-refractivity contribution in [3.05, 3.63) is 59.1 Å². The zero-order valence-electron chi connectivity index (χ0n) is 39.6. The van der Waals surface area contributed by atoms with Gasteiger partial charge in [0.25, 0.3) is 0 Å². The molecule has 4 aliphatic rings. The minimum Gasteiger partial charge on any atom is -0.487 e. The second kappa shape index (κ2) is 26.1. The van der Waals surface area contributed by atoms with Crippen LogP contribution in [0.25, 0.3) is 0 Å². The topological polar surface area (TPSA) is 250 Å². The predicted molar refractivity (Wildman–Crippen MR) is 249 cm³/mol. The molecule has 0 saturated carbocycles. The Balaban J connectivity index is 0.000000777. The van der Waals surface area contributed by atoms with Crippen molar-refractivity contribution in [2.75, 3.05) is 46.3 Å². The number of carbonyl (C=O) groups excluding carboxylic acids is 3.